The second kappa shape index (κ2) is 9.71. The van der Waals surface area contributed by atoms with E-state index in [0.29, 0.717) is 38.7 Å². The van der Waals surface area contributed by atoms with Crippen LogP contribution in [0.1, 0.15) is 20.7 Å². The largest absolute Gasteiger partial charge is 0.497 e. The van der Waals surface area contributed by atoms with E-state index in [2.05, 4.69) is 4.98 Å². The van der Waals surface area contributed by atoms with Crippen LogP contribution in [-0.2, 0) is 4.74 Å². The second-order valence-corrected chi connectivity index (χ2v) is 7.61. The van der Waals surface area contributed by atoms with Crippen LogP contribution in [-0.4, -0.2) is 37.6 Å². The van der Waals surface area contributed by atoms with Crippen molar-refractivity contribution < 1.29 is 23.8 Å². The van der Waals surface area contributed by atoms with Crippen LogP contribution in [0.3, 0.4) is 0 Å². The van der Waals surface area contributed by atoms with Gasteiger partial charge in [0, 0.05) is 21.5 Å². The first-order valence-corrected chi connectivity index (χ1v) is 10.5. The molecule has 4 rings (SSSR count). The number of carbonyl (C=O) groups excluding carboxylic acids is 2. The maximum atomic E-state index is 13.0. The van der Waals surface area contributed by atoms with Gasteiger partial charge in [-0.3, -0.25) is 4.79 Å². The third-order valence-electron chi connectivity index (χ3n) is 5.12. The number of carbonyl (C=O) groups is 2. The standard InChI is InChI=1S/C26H20ClNO5/c1-31-19-8-3-16(4-9-19)24-14-22(21-13-18(27)7-12-23(21)28-24)26(30)33-15-25(29)17-5-10-20(32-2)11-6-17/h3-14H,15H2,1-2H3. The number of methoxy groups -OCH3 is 2. The molecular formula is C26H20ClNO5. The zero-order valence-electron chi connectivity index (χ0n) is 18.0. The van der Waals surface area contributed by atoms with Crippen LogP contribution in [0.4, 0.5) is 0 Å². The molecule has 7 heteroatoms. The third kappa shape index (κ3) is 4.96. The number of fused-ring (bicyclic) bond motifs is 1. The topological polar surface area (TPSA) is 74.7 Å². The molecule has 0 amide bonds. The van der Waals surface area contributed by atoms with Crippen molar-refractivity contribution in [1.82, 2.24) is 4.98 Å². The van der Waals surface area contributed by atoms with E-state index in [4.69, 9.17) is 25.8 Å². The first-order chi connectivity index (χ1) is 16.0. The SMILES string of the molecule is COc1ccc(C(=O)COC(=O)c2cc(-c3ccc(OC)cc3)nc3ccc(Cl)cc23)cc1. The lowest BCUT2D eigenvalue weighted by Gasteiger charge is -2.11. The number of aromatic nitrogens is 1. The van der Waals surface area contributed by atoms with Gasteiger partial charge in [-0.25, -0.2) is 9.78 Å². The maximum Gasteiger partial charge on any atom is 0.339 e. The Labute approximate surface area is 195 Å². The molecule has 1 heterocycles. The average molecular weight is 462 g/mol. The van der Waals surface area contributed by atoms with Gasteiger partial charge >= 0.3 is 5.97 Å². The molecule has 0 unspecified atom stereocenters. The minimum Gasteiger partial charge on any atom is -0.497 e. The highest BCUT2D eigenvalue weighted by molar-refractivity contribution is 6.31. The van der Waals surface area contributed by atoms with E-state index in [-0.39, 0.29) is 11.3 Å². The van der Waals surface area contributed by atoms with Crippen LogP contribution < -0.4 is 9.47 Å². The van der Waals surface area contributed by atoms with E-state index in [1.165, 1.54) is 0 Å². The number of nitrogens with zero attached hydrogens (tertiary/aromatic N) is 1. The van der Waals surface area contributed by atoms with E-state index in [1.54, 1.807) is 62.8 Å². The lowest BCUT2D eigenvalue weighted by atomic mass is 10.0. The monoisotopic (exact) mass is 461 g/mol. The summed E-state index contributed by atoms with van der Waals surface area (Å²) in [6.45, 7) is -0.395. The van der Waals surface area contributed by atoms with Gasteiger partial charge in [0.15, 0.2) is 12.4 Å². The molecule has 0 saturated heterocycles. The van der Waals surface area contributed by atoms with Crippen LogP contribution in [0.5, 0.6) is 11.5 Å². The average Bonchev–Trinajstić information content (AvgIpc) is 2.86. The molecule has 1 aromatic heterocycles. The lowest BCUT2D eigenvalue weighted by molar-refractivity contribution is 0.0476. The van der Waals surface area contributed by atoms with Crippen LogP contribution in [0.2, 0.25) is 5.02 Å². The molecule has 0 saturated carbocycles. The van der Waals surface area contributed by atoms with Gasteiger partial charge in [0.1, 0.15) is 11.5 Å². The number of rotatable bonds is 7. The zero-order chi connectivity index (χ0) is 23.4. The predicted molar refractivity (Wildman–Crippen MR) is 126 cm³/mol. The van der Waals surface area contributed by atoms with E-state index < -0.39 is 12.6 Å². The van der Waals surface area contributed by atoms with Gasteiger partial charge in [0.2, 0.25) is 0 Å². The van der Waals surface area contributed by atoms with Crippen molar-refractivity contribution in [3.8, 4) is 22.8 Å². The summed E-state index contributed by atoms with van der Waals surface area (Å²) in [6, 6.07) is 20.7. The Bertz CT molecular complexity index is 1320. The van der Waals surface area contributed by atoms with Crippen molar-refractivity contribution in [1.29, 1.82) is 0 Å². The number of ether oxygens (including phenoxy) is 3. The number of esters is 1. The third-order valence-corrected chi connectivity index (χ3v) is 5.36. The normalized spacial score (nSPS) is 10.6. The summed E-state index contributed by atoms with van der Waals surface area (Å²) in [5.74, 6) is 0.386. The van der Waals surface area contributed by atoms with E-state index in [1.807, 2.05) is 24.3 Å². The summed E-state index contributed by atoms with van der Waals surface area (Å²) >= 11 is 6.16. The van der Waals surface area contributed by atoms with Crippen molar-refractivity contribution in [2.45, 2.75) is 0 Å². The van der Waals surface area contributed by atoms with E-state index in [0.717, 1.165) is 5.56 Å². The predicted octanol–water partition coefficient (Wildman–Crippen LogP) is 5.61. The smallest absolute Gasteiger partial charge is 0.339 e. The Morgan fingerprint density at radius 1 is 0.848 bits per heavy atom. The van der Waals surface area contributed by atoms with Crippen LogP contribution in [0.25, 0.3) is 22.2 Å². The molecule has 166 valence electrons. The Morgan fingerprint density at radius 3 is 2.12 bits per heavy atom. The van der Waals surface area contributed by atoms with Crippen molar-refractivity contribution >= 4 is 34.3 Å². The highest BCUT2D eigenvalue weighted by Crippen LogP contribution is 2.28. The summed E-state index contributed by atoms with van der Waals surface area (Å²) in [7, 11) is 3.14. The summed E-state index contributed by atoms with van der Waals surface area (Å²) in [5.41, 5.74) is 2.67. The van der Waals surface area contributed by atoms with Gasteiger partial charge in [0.25, 0.3) is 0 Å². The number of ketones is 1. The fourth-order valence-electron chi connectivity index (χ4n) is 3.35. The molecule has 0 aliphatic carbocycles. The van der Waals surface area contributed by atoms with Crippen molar-refractivity contribution in [3.05, 3.63) is 88.9 Å². The fraction of sp³-hybridized carbons (Fsp3) is 0.115. The second-order valence-electron chi connectivity index (χ2n) is 7.17. The first kappa shape index (κ1) is 22.3. The van der Waals surface area contributed by atoms with Gasteiger partial charge in [-0.1, -0.05) is 11.6 Å². The summed E-state index contributed by atoms with van der Waals surface area (Å²) in [4.78, 5) is 30.1. The molecule has 0 aliphatic heterocycles. The molecule has 0 N–H and O–H groups in total. The van der Waals surface area contributed by atoms with Gasteiger partial charge in [0.05, 0.1) is 31.0 Å². The molecule has 33 heavy (non-hydrogen) atoms. The quantitative estimate of drug-likeness (QED) is 0.263. The highest BCUT2D eigenvalue weighted by atomic mass is 35.5. The van der Waals surface area contributed by atoms with Gasteiger partial charge < -0.3 is 14.2 Å². The molecular weight excluding hydrogens is 442 g/mol. The van der Waals surface area contributed by atoms with Crippen LogP contribution in [0.15, 0.2) is 72.8 Å². The van der Waals surface area contributed by atoms with Crippen molar-refractivity contribution in [2.75, 3.05) is 20.8 Å². The molecule has 3 aromatic carbocycles. The number of Topliss-reactive ketones (excluding diaryl/α,β-unsaturated/α-hetero) is 1. The molecule has 0 radical (unpaired) electrons. The summed E-state index contributed by atoms with van der Waals surface area (Å²) in [5, 5.41) is 1.01. The van der Waals surface area contributed by atoms with Crippen LogP contribution in [0, 0.1) is 0 Å². The molecule has 0 spiro atoms. The Balaban J connectivity index is 1.63. The van der Waals surface area contributed by atoms with Crippen molar-refractivity contribution in [3.63, 3.8) is 0 Å². The molecule has 0 atom stereocenters. The lowest BCUT2D eigenvalue weighted by Crippen LogP contribution is -2.15. The fourth-order valence-corrected chi connectivity index (χ4v) is 3.52. The minimum atomic E-state index is -0.638. The van der Waals surface area contributed by atoms with E-state index >= 15 is 0 Å². The summed E-state index contributed by atoms with van der Waals surface area (Å²) < 4.78 is 15.7. The minimum absolute atomic E-state index is 0.274. The molecule has 0 fully saturated rings. The van der Waals surface area contributed by atoms with Gasteiger partial charge in [-0.15, -0.1) is 0 Å². The van der Waals surface area contributed by atoms with Crippen LogP contribution >= 0.6 is 11.6 Å². The van der Waals surface area contributed by atoms with E-state index in [9.17, 15) is 9.59 Å². The number of benzene rings is 3. The van der Waals surface area contributed by atoms with Crippen molar-refractivity contribution in [2.24, 2.45) is 0 Å². The Morgan fingerprint density at radius 2 is 1.48 bits per heavy atom. The number of halogens is 1. The molecule has 0 aliphatic rings. The number of hydrogen-bond acceptors (Lipinski definition) is 6. The Hall–Kier alpha value is -3.90. The van der Waals surface area contributed by atoms with Gasteiger partial charge in [-0.05, 0) is 72.8 Å². The first-order valence-electron chi connectivity index (χ1n) is 10.1. The maximum absolute atomic E-state index is 13.0. The Kier molecular flexibility index (Phi) is 6.56. The molecule has 4 aromatic rings. The zero-order valence-corrected chi connectivity index (χ0v) is 18.8. The highest BCUT2D eigenvalue weighted by Gasteiger charge is 2.18. The summed E-state index contributed by atoms with van der Waals surface area (Å²) in [6.07, 6.45) is 0. The number of pyridine rings is 1. The van der Waals surface area contributed by atoms with Gasteiger partial charge in [-0.2, -0.15) is 0 Å². The molecule has 0 bridgehead atoms. The number of hydrogen-bond donors (Lipinski definition) is 0. The molecule has 6 nitrogen and oxygen atoms in total.